The first kappa shape index (κ1) is 13.0. The lowest BCUT2D eigenvalue weighted by atomic mass is 9.96. The third kappa shape index (κ3) is 2.51. The lowest BCUT2D eigenvalue weighted by Gasteiger charge is -2.30. The molecule has 0 aliphatic heterocycles. The number of rotatable bonds is 4. The van der Waals surface area contributed by atoms with Crippen LogP contribution in [0.25, 0.3) is 0 Å². The van der Waals surface area contributed by atoms with Gasteiger partial charge in [-0.25, -0.2) is 4.79 Å². The van der Waals surface area contributed by atoms with E-state index >= 15 is 0 Å². The molecule has 1 unspecified atom stereocenters. The molecule has 1 saturated carbocycles. The summed E-state index contributed by atoms with van der Waals surface area (Å²) in [6.07, 6.45) is 9.38. The van der Waals surface area contributed by atoms with Crippen LogP contribution in [-0.4, -0.2) is 29.1 Å². The molecular formula is C13H19N3O2. The molecule has 5 nitrogen and oxygen atoms in total. The third-order valence-corrected chi connectivity index (χ3v) is 3.52. The highest BCUT2D eigenvalue weighted by atomic mass is 16.5. The SMILES string of the molecule is COC(=O)C(C)(NC1CCCC1)c1cnccn1. The molecule has 1 aromatic heterocycles. The highest BCUT2D eigenvalue weighted by Crippen LogP contribution is 2.26. The van der Waals surface area contributed by atoms with Gasteiger partial charge >= 0.3 is 5.97 Å². The molecule has 1 fully saturated rings. The van der Waals surface area contributed by atoms with Gasteiger partial charge in [-0.3, -0.25) is 15.3 Å². The summed E-state index contributed by atoms with van der Waals surface area (Å²) in [6.45, 7) is 1.81. The maximum atomic E-state index is 12.1. The molecule has 1 aromatic rings. The van der Waals surface area contributed by atoms with Gasteiger partial charge in [-0.15, -0.1) is 0 Å². The number of hydrogen-bond donors (Lipinski definition) is 1. The number of carbonyl (C=O) groups excluding carboxylic acids is 1. The molecule has 0 bridgehead atoms. The van der Waals surface area contributed by atoms with Crippen LogP contribution in [0.2, 0.25) is 0 Å². The van der Waals surface area contributed by atoms with Crippen molar-refractivity contribution >= 4 is 5.97 Å². The van der Waals surface area contributed by atoms with Gasteiger partial charge in [0, 0.05) is 18.4 Å². The molecule has 0 saturated heterocycles. The number of nitrogens with zero attached hydrogens (tertiary/aromatic N) is 2. The Morgan fingerprint density at radius 1 is 1.44 bits per heavy atom. The van der Waals surface area contributed by atoms with Crippen molar-refractivity contribution in [2.24, 2.45) is 0 Å². The minimum absolute atomic E-state index is 0.324. The van der Waals surface area contributed by atoms with E-state index in [9.17, 15) is 4.79 Å². The standard InChI is InChI=1S/C13H19N3O2/c1-13(12(17)18-2,11-9-14-7-8-15-11)16-10-5-3-4-6-10/h7-10,16H,3-6H2,1-2H3. The summed E-state index contributed by atoms with van der Waals surface area (Å²) < 4.78 is 4.91. The first-order valence-electron chi connectivity index (χ1n) is 6.29. The van der Waals surface area contributed by atoms with Crippen LogP contribution in [-0.2, 0) is 15.1 Å². The van der Waals surface area contributed by atoms with Crippen LogP contribution in [0.15, 0.2) is 18.6 Å². The van der Waals surface area contributed by atoms with Crippen LogP contribution in [0.1, 0.15) is 38.3 Å². The van der Waals surface area contributed by atoms with Gasteiger partial charge in [0.2, 0.25) is 0 Å². The molecule has 5 heteroatoms. The Balaban J connectivity index is 2.25. The largest absolute Gasteiger partial charge is 0.467 e. The second-order valence-corrected chi connectivity index (χ2v) is 4.83. The summed E-state index contributed by atoms with van der Waals surface area (Å²) in [5.41, 5.74) is -0.318. The fraction of sp³-hybridized carbons (Fsp3) is 0.615. The highest BCUT2D eigenvalue weighted by molar-refractivity contribution is 5.81. The fourth-order valence-corrected chi connectivity index (χ4v) is 2.48. The molecule has 1 aliphatic rings. The smallest absolute Gasteiger partial charge is 0.332 e. The van der Waals surface area contributed by atoms with E-state index in [1.54, 1.807) is 25.5 Å². The number of methoxy groups -OCH3 is 1. The highest BCUT2D eigenvalue weighted by Gasteiger charge is 2.40. The monoisotopic (exact) mass is 249 g/mol. The third-order valence-electron chi connectivity index (χ3n) is 3.52. The average Bonchev–Trinajstić information content (AvgIpc) is 2.91. The molecule has 0 amide bonds. The summed E-state index contributed by atoms with van der Waals surface area (Å²) in [7, 11) is 1.40. The molecular weight excluding hydrogens is 230 g/mol. The van der Waals surface area contributed by atoms with E-state index in [1.807, 2.05) is 0 Å². The lowest BCUT2D eigenvalue weighted by molar-refractivity contribution is -0.149. The van der Waals surface area contributed by atoms with Crippen LogP contribution < -0.4 is 5.32 Å². The van der Waals surface area contributed by atoms with E-state index in [2.05, 4.69) is 15.3 Å². The van der Waals surface area contributed by atoms with Gasteiger partial charge in [-0.05, 0) is 19.8 Å². The van der Waals surface area contributed by atoms with Gasteiger partial charge in [-0.1, -0.05) is 12.8 Å². The molecule has 0 spiro atoms. The predicted octanol–water partition coefficient (Wildman–Crippen LogP) is 1.40. The predicted molar refractivity (Wildman–Crippen MR) is 66.8 cm³/mol. The van der Waals surface area contributed by atoms with Crippen molar-refractivity contribution in [1.82, 2.24) is 15.3 Å². The molecule has 1 atom stereocenters. The minimum Gasteiger partial charge on any atom is -0.467 e. The summed E-state index contributed by atoms with van der Waals surface area (Å²) in [4.78, 5) is 20.3. The van der Waals surface area contributed by atoms with Gasteiger partial charge in [0.05, 0.1) is 19.0 Å². The number of nitrogens with one attached hydrogen (secondary N) is 1. The van der Waals surface area contributed by atoms with Gasteiger partial charge in [-0.2, -0.15) is 0 Å². The zero-order valence-electron chi connectivity index (χ0n) is 10.8. The number of carbonyl (C=O) groups is 1. The molecule has 0 radical (unpaired) electrons. The van der Waals surface area contributed by atoms with Crippen molar-refractivity contribution < 1.29 is 9.53 Å². The summed E-state index contributed by atoms with van der Waals surface area (Å²) in [5, 5.41) is 3.38. The molecule has 2 rings (SSSR count). The molecule has 0 aromatic carbocycles. The van der Waals surface area contributed by atoms with E-state index in [-0.39, 0.29) is 5.97 Å². The first-order chi connectivity index (χ1) is 8.66. The molecule has 98 valence electrons. The minimum atomic E-state index is -0.919. The van der Waals surface area contributed by atoms with E-state index < -0.39 is 5.54 Å². The number of hydrogen-bond acceptors (Lipinski definition) is 5. The number of aromatic nitrogens is 2. The zero-order chi connectivity index (χ0) is 13.0. The van der Waals surface area contributed by atoms with Gasteiger partial charge in [0.25, 0.3) is 0 Å². The zero-order valence-corrected chi connectivity index (χ0v) is 10.8. The van der Waals surface area contributed by atoms with E-state index in [1.165, 1.54) is 20.0 Å². The Morgan fingerprint density at radius 2 is 2.17 bits per heavy atom. The summed E-state index contributed by atoms with van der Waals surface area (Å²) in [5.74, 6) is -0.324. The van der Waals surface area contributed by atoms with Crippen molar-refractivity contribution in [3.05, 3.63) is 24.3 Å². The average molecular weight is 249 g/mol. The van der Waals surface area contributed by atoms with Crippen LogP contribution in [0.5, 0.6) is 0 Å². The second kappa shape index (κ2) is 5.44. The molecule has 1 N–H and O–H groups in total. The van der Waals surface area contributed by atoms with Crippen molar-refractivity contribution in [1.29, 1.82) is 0 Å². The quantitative estimate of drug-likeness (QED) is 0.817. The molecule has 18 heavy (non-hydrogen) atoms. The van der Waals surface area contributed by atoms with Gasteiger partial charge in [0.15, 0.2) is 5.54 Å². The second-order valence-electron chi connectivity index (χ2n) is 4.83. The van der Waals surface area contributed by atoms with Crippen molar-refractivity contribution in [2.45, 2.75) is 44.2 Å². The maximum absolute atomic E-state index is 12.1. The lowest BCUT2D eigenvalue weighted by Crippen LogP contribution is -2.51. The topological polar surface area (TPSA) is 64.1 Å². The molecule has 1 heterocycles. The van der Waals surface area contributed by atoms with Gasteiger partial charge in [0.1, 0.15) is 0 Å². The van der Waals surface area contributed by atoms with Crippen LogP contribution in [0.4, 0.5) is 0 Å². The van der Waals surface area contributed by atoms with Crippen molar-refractivity contribution in [2.75, 3.05) is 7.11 Å². The molecule has 1 aliphatic carbocycles. The first-order valence-corrected chi connectivity index (χ1v) is 6.29. The van der Waals surface area contributed by atoms with Crippen LogP contribution in [0, 0.1) is 0 Å². The van der Waals surface area contributed by atoms with Gasteiger partial charge < -0.3 is 4.74 Å². The Morgan fingerprint density at radius 3 is 2.72 bits per heavy atom. The Bertz CT molecular complexity index is 404. The van der Waals surface area contributed by atoms with Crippen molar-refractivity contribution in [3.8, 4) is 0 Å². The number of ether oxygens (including phenoxy) is 1. The van der Waals surface area contributed by atoms with Crippen molar-refractivity contribution in [3.63, 3.8) is 0 Å². The number of esters is 1. The summed E-state index contributed by atoms with van der Waals surface area (Å²) >= 11 is 0. The Kier molecular flexibility index (Phi) is 3.91. The van der Waals surface area contributed by atoms with Crippen LogP contribution >= 0.6 is 0 Å². The van der Waals surface area contributed by atoms with E-state index in [0.717, 1.165) is 12.8 Å². The maximum Gasteiger partial charge on any atom is 0.332 e. The Hall–Kier alpha value is -1.49. The van der Waals surface area contributed by atoms with Crippen LogP contribution in [0.3, 0.4) is 0 Å². The normalized spacial score (nSPS) is 19.4. The fourth-order valence-electron chi connectivity index (χ4n) is 2.48. The Labute approximate surface area is 107 Å². The summed E-state index contributed by atoms with van der Waals surface area (Å²) in [6, 6.07) is 0.344. The van der Waals surface area contributed by atoms with E-state index in [4.69, 9.17) is 4.74 Å². The van der Waals surface area contributed by atoms with E-state index in [0.29, 0.717) is 11.7 Å².